The standard InChI is InChI=1S/C25H30ClN3O3/c1-16(19-5-3-2-4-6-19)13-27-20-14-28-29(23(32)22(20)26)25-10-17-7-18(11-25)9-24(8-17,15-25)12-21(30)31/h2-6,14,16-18,27H,7-13,15H2,1H3,(H,30,31)/t16-,17-,18-,24?,25?/m0/s1. The van der Waals surface area contributed by atoms with Gasteiger partial charge in [0, 0.05) is 6.54 Å². The van der Waals surface area contributed by atoms with Crippen LogP contribution < -0.4 is 10.9 Å². The lowest BCUT2D eigenvalue weighted by molar-refractivity contribution is -0.151. The van der Waals surface area contributed by atoms with Gasteiger partial charge >= 0.3 is 5.97 Å². The zero-order valence-corrected chi connectivity index (χ0v) is 19.1. The molecule has 4 saturated carbocycles. The summed E-state index contributed by atoms with van der Waals surface area (Å²) in [6, 6.07) is 10.2. The summed E-state index contributed by atoms with van der Waals surface area (Å²) in [4.78, 5) is 25.0. The Hall–Kier alpha value is -2.34. The van der Waals surface area contributed by atoms with E-state index in [-0.39, 0.29) is 28.3 Å². The summed E-state index contributed by atoms with van der Waals surface area (Å²) in [7, 11) is 0. The molecule has 170 valence electrons. The largest absolute Gasteiger partial charge is 0.481 e. The van der Waals surface area contributed by atoms with Gasteiger partial charge < -0.3 is 10.4 Å². The van der Waals surface area contributed by atoms with Crippen molar-refractivity contribution >= 4 is 23.3 Å². The second-order valence-electron chi connectivity index (χ2n) is 10.5. The highest BCUT2D eigenvalue weighted by atomic mass is 35.5. The Labute approximate surface area is 193 Å². The third-order valence-corrected chi connectivity index (χ3v) is 8.38. The number of rotatable bonds is 7. The number of nitrogens with zero attached hydrogens (tertiary/aromatic N) is 2. The highest BCUT2D eigenvalue weighted by molar-refractivity contribution is 6.32. The molecule has 32 heavy (non-hydrogen) atoms. The molecule has 0 spiro atoms. The predicted molar refractivity (Wildman–Crippen MR) is 124 cm³/mol. The molecule has 0 amide bonds. The third-order valence-electron chi connectivity index (χ3n) is 8.01. The molecule has 0 aliphatic heterocycles. The van der Waals surface area contributed by atoms with E-state index >= 15 is 0 Å². The number of halogens is 1. The first-order valence-corrected chi connectivity index (χ1v) is 12.0. The third kappa shape index (κ3) is 3.72. The topological polar surface area (TPSA) is 84.2 Å². The highest BCUT2D eigenvalue weighted by Gasteiger charge is 2.59. The summed E-state index contributed by atoms with van der Waals surface area (Å²) < 4.78 is 1.61. The molecule has 1 heterocycles. The number of hydrogen-bond donors (Lipinski definition) is 2. The Kier molecular flexibility index (Phi) is 5.31. The summed E-state index contributed by atoms with van der Waals surface area (Å²) in [5, 5.41) is 17.6. The molecular formula is C25H30ClN3O3. The van der Waals surface area contributed by atoms with Crippen molar-refractivity contribution in [1.82, 2.24) is 9.78 Å². The van der Waals surface area contributed by atoms with Gasteiger partial charge in [-0.05, 0) is 67.3 Å². The number of aliphatic carboxylic acids is 1. The second-order valence-corrected chi connectivity index (χ2v) is 10.9. The number of nitrogens with one attached hydrogen (secondary N) is 1. The highest BCUT2D eigenvalue weighted by Crippen LogP contribution is 2.65. The molecule has 4 aliphatic carbocycles. The molecule has 6 rings (SSSR count). The summed E-state index contributed by atoms with van der Waals surface area (Å²) in [6.45, 7) is 2.77. The number of carboxylic acid groups (broad SMARTS) is 1. The van der Waals surface area contributed by atoms with Crippen LogP contribution in [0.2, 0.25) is 5.02 Å². The van der Waals surface area contributed by atoms with E-state index in [0.717, 1.165) is 32.1 Å². The SMILES string of the molecule is C[C@@H](CNc1cnn(C23C[C@H]4C[C@@H](CC(CC(=O)O)(C4)C2)C3)c(=O)c1Cl)c1ccccc1. The Morgan fingerprint density at radius 2 is 1.94 bits per heavy atom. The first kappa shape index (κ1) is 21.5. The van der Waals surface area contributed by atoms with Crippen LogP contribution >= 0.6 is 11.6 Å². The van der Waals surface area contributed by atoms with Gasteiger partial charge in [0.1, 0.15) is 5.02 Å². The molecule has 0 radical (unpaired) electrons. The lowest BCUT2D eigenvalue weighted by Crippen LogP contribution is -2.59. The molecule has 3 atom stereocenters. The molecule has 7 heteroatoms. The van der Waals surface area contributed by atoms with Gasteiger partial charge in [-0.1, -0.05) is 48.9 Å². The Morgan fingerprint density at radius 1 is 1.25 bits per heavy atom. The average molecular weight is 456 g/mol. The maximum atomic E-state index is 13.4. The lowest BCUT2D eigenvalue weighted by atomic mass is 9.46. The first-order valence-electron chi connectivity index (χ1n) is 11.6. The summed E-state index contributed by atoms with van der Waals surface area (Å²) in [6.07, 6.45) is 7.40. The van der Waals surface area contributed by atoms with Crippen LogP contribution in [0.5, 0.6) is 0 Å². The smallest absolute Gasteiger partial charge is 0.303 e. The molecule has 6 nitrogen and oxygen atoms in total. The first-order chi connectivity index (χ1) is 15.3. The summed E-state index contributed by atoms with van der Waals surface area (Å²) in [5.41, 5.74) is 0.883. The van der Waals surface area contributed by atoms with Crippen molar-refractivity contribution in [3.05, 3.63) is 57.5 Å². The number of aromatic nitrogens is 2. The van der Waals surface area contributed by atoms with Crippen LogP contribution in [0.15, 0.2) is 41.3 Å². The lowest BCUT2D eigenvalue weighted by Gasteiger charge is -2.61. The van der Waals surface area contributed by atoms with E-state index in [9.17, 15) is 14.7 Å². The van der Waals surface area contributed by atoms with Crippen LogP contribution in [0.4, 0.5) is 5.69 Å². The Balaban J connectivity index is 1.40. The fourth-order valence-corrected chi connectivity index (χ4v) is 7.43. The van der Waals surface area contributed by atoms with Gasteiger partial charge in [0.2, 0.25) is 0 Å². The fourth-order valence-electron chi connectivity index (χ4n) is 7.23. The van der Waals surface area contributed by atoms with Crippen LogP contribution in [0.25, 0.3) is 0 Å². The van der Waals surface area contributed by atoms with Crippen molar-refractivity contribution in [2.45, 2.75) is 63.3 Å². The van der Waals surface area contributed by atoms with Gasteiger partial charge in [-0.25, -0.2) is 4.68 Å². The fraction of sp³-hybridized carbons (Fsp3) is 0.560. The minimum absolute atomic E-state index is 0.170. The normalized spacial score (nSPS) is 31.4. The minimum Gasteiger partial charge on any atom is -0.481 e. The quantitative estimate of drug-likeness (QED) is 0.621. The molecule has 4 fully saturated rings. The molecule has 4 aliphatic rings. The number of anilines is 1. The van der Waals surface area contributed by atoms with Gasteiger partial charge in [0.15, 0.2) is 0 Å². The molecular weight excluding hydrogens is 426 g/mol. The minimum atomic E-state index is -0.743. The Bertz CT molecular complexity index is 1070. The van der Waals surface area contributed by atoms with Crippen molar-refractivity contribution in [3.8, 4) is 0 Å². The summed E-state index contributed by atoms with van der Waals surface area (Å²) >= 11 is 6.56. The zero-order chi connectivity index (χ0) is 22.5. The van der Waals surface area contributed by atoms with Gasteiger partial charge in [-0.3, -0.25) is 9.59 Å². The van der Waals surface area contributed by atoms with Gasteiger partial charge in [-0.15, -0.1) is 0 Å². The van der Waals surface area contributed by atoms with Gasteiger partial charge in [0.05, 0.1) is 23.8 Å². The van der Waals surface area contributed by atoms with Crippen molar-refractivity contribution in [3.63, 3.8) is 0 Å². The summed E-state index contributed by atoms with van der Waals surface area (Å²) in [5.74, 6) is 0.446. The van der Waals surface area contributed by atoms with E-state index in [2.05, 4.69) is 29.5 Å². The van der Waals surface area contributed by atoms with Crippen LogP contribution in [0, 0.1) is 17.3 Å². The van der Waals surface area contributed by atoms with Crippen LogP contribution in [0.1, 0.15) is 63.4 Å². The maximum absolute atomic E-state index is 13.4. The van der Waals surface area contributed by atoms with E-state index in [4.69, 9.17) is 11.6 Å². The van der Waals surface area contributed by atoms with Crippen molar-refractivity contribution in [2.75, 3.05) is 11.9 Å². The number of carbonyl (C=O) groups is 1. The molecule has 0 saturated heterocycles. The number of benzene rings is 1. The van der Waals surface area contributed by atoms with Crippen molar-refractivity contribution < 1.29 is 9.90 Å². The molecule has 1 aromatic carbocycles. The maximum Gasteiger partial charge on any atom is 0.303 e. The molecule has 2 aromatic rings. The van der Waals surface area contributed by atoms with E-state index < -0.39 is 11.5 Å². The molecule has 4 bridgehead atoms. The van der Waals surface area contributed by atoms with E-state index in [1.807, 2.05) is 18.2 Å². The van der Waals surface area contributed by atoms with Crippen LogP contribution in [0.3, 0.4) is 0 Å². The van der Waals surface area contributed by atoms with E-state index in [1.165, 1.54) is 5.56 Å². The van der Waals surface area contributed by atoms with E-state index in [0.29, 0.717) is 30.5 Å². The number of hydrogen-bond acceptors (Lipinski definition) is 4. The van der Waals surface area contributed by atoms with Gasteiger partial charge in [-0.2, -0.15) is 5.10 Å². The molecule has 2 N–H and O–H groups in total. The van der Waals surface area contributed by atoms with Crippen molar-refractivity contribution in [2.24, 2.45) is 17.3 Å². The molecule has 1 aromatic heterocycles. The van der Waals surface area contributed by atoms with Crippen LogP contribution in [-0.2, 0) is 10.3 Å². The monoisotopic (exact) mass is 455 g/mol. The number of carboxylic acids is 1. The molecule has 0 unspecified atom stereocenters. The van der Waals surface area contributed by atoms with Crippen LogP contribution in [-0.4, -0.2) is 27.4 Å². The van der Waals surface area contributed by atoms with Gasteiger partial charge in [0.25, 0.3) is 5.56 Å². The average Bonchev–Trinajstić information content (AvgIpc) is 2.73. The predicted octanol–water partition coefficient (Wildman–Crippen LogP) is 4.88. The van der Waals surface area contributed by atoms with Crippen molar-refractivity contribution in [1.29, 1.82) is 0 Å². The zero-order valence-electron chi connectivity index (χ0n) is 18.4. The second kappa shape index (κ2) is 7.91. The van der Waals surface area contributed by atoms with E-state index in [1.54, 1.807) is 10.9 Å². The Morgan fingerprint density at radius 3 is 2.59 bits per heavy atom.